The van der Waals surface area contributed by atoms with Crippen LogP contribution in [-0.2, 0) is 0 Å². The van der Waals surface area contributed by atoms with E-state index >= 15 is 0 Å². The zero-order chi connectivity index (χ0) is 9.42. The molecule has 0 amide bonds. The first-order valence-electron chi connectivity index (χ1n) is 3.64. The monoisotopic (exact) mass is 255 g/mol. The third-order valence-corrected chi connectivity index (χ3v) is 3.62. The Morgan fingerprint density at radius 2 is 2.23 bits per heavy atom. The summed E-state index contributed by atoms with van der Waals surface area (Å²) in [5, 5.41) is 2.75. The first-order chi connectivity index (χ1) is 6.24. The van der Waals surface area contributed by atoms with Crippen LogP contribution in [0.3, 0.4) is 0 Å². The predicted octanol–water partition coefficient (Wildman–Crippen LogP) is 3.06. The molecular formula is C9H6BrNOS. The minimum absolute atomic E-state index is 0.704. The number of halogens is 1. The molecule has 0 aliphatic heterocycles. The zero-order valence-electron chi connectivity index (χ0n) is 6.58. The Hall–Kier alpha value is -0.870. The van der Waals surface area contributed by atoms with Crippen molar-refractivity contribution in [3.63, 3.8) is 0 Å². The molecule has 4 heteroatoms. The van der Waals surface area contributed by atoms with Gasteiger partial charge in [0.05, 0.1) is 10.4 Å². The lowest BCUT2D eigenvalue weighted by molar-refractivity contribution is 0.112. The summed E-state index contributed by atoms with van der Waals surface area (Å²) in [5.41, 5.74) is 7.25. The van der Waals surface area contributed by atoms with Crippen molar-refractivity contribution < 1.29 is 4.79 Å². The van der Waals surface area contributed by atoms with E-state index in [4.69, 9.17) is 5.73 Å². The van der Waals surface area contributed by atoms with Gasteiger partial charge in [-0.2, -0.15) is 0 Å². The van der Waals surface area contributed by atoms with E-state index in [1.165, 1.54) is 11.3 Å². The van der Waals surface area contributed by atoms with Gasteiger partial charge in [-0.15, -0.1) is 11.3 Å². The van der Waals surface area contributed by atoms with Gasteiger partial charge in [-0.25, -0.2) is 0 Å². The Morgan fingerprint density at radius 1 is 1.46 bits per heavy atom. The van der Waals surface area contributed by atoms with Crippen LogP contribution >= 0.6 is 27.3 Å². The van der Waals surface area contributed by atoms with Crippen molar-refractivity contribution in [1.82, 2.24) is 0 Å². The first kappa shape index (κ1) is 8.72. The van der Waals surface area contributed by atoms with Gasteiger partial charge in [-0.05, 0) is 22.0 Å². The van der Waals surface area contributed by atoms with E-state index in [-0.39, 0.29) is 0 Å². The van der Waals surface area contributed by atoms with Gasteiger partial charge >= 0.3 is 0 Å². The normalized spacial score (nSPS) is 10.5. The number of aldehydes is 1. The summed E-state index contributed by atoms with van der Waals surface area (Å²) < 4.78 is 1.84. The summed E-state index contributed by atoms with van der Waals surface area (Å²) in [6.07, 6.45) is 0.853. The molecule has 0 saturated carbocycles. The summed E-state index contributed by atoms with van der Waals surface area (Å²) in [4.78, 5) is 10.6. The van der Waals surface area contributed by atoms with Crippen LogP contribution in [0.5, 0.6) is 0 Å². The molecule has 0 radical (unpaired) electrons. The van der Waals surface area contributed by atoms with E-state index in [1.54, 1.807) is 0 Å². The molecule has 1 aromatic heterocycles. The van der Waals surface area contributed by atoms with Crippen molar-refractivity contribution >= 4 is 49.3 Å². The third kappa shape index (κ3) is 1.26. The first-order valence-corrected chi connectivity index (χ1v) is 5.31. The Morgan fingerprint density at radius 3 is 2.92 bits per heavy atom. The zero-order valence-corrected chi connectivity index (χ0v) is 8.98. The van der Waals surface area contributed by atoms with E-state index in [0.717, 1.165) is 20.8 Å². The van der Waals surface area contributed by atoms with Crippen molar-refractivity contribution in [1.29, 1.82) is 0 Å². The summed E-state index contributed by atoms with van der Waals surface area (Å²) in [7, 11) is 0. The van der Waals surface area contributed by atoms with Crippen molar-refractivity contribution in [2.24, 2.45) is 0 Å². The lowest BCUT2D eigenvalue weighted by Crippen LogP contribution is -1.86. The number of nitrogens with two attached hydrogens (primary N) is 1. The maximum absolute atomic E-state index is 10.6. The minimum atomic E-state index is 0.704. The van der Waals surface area contributed by atoms with Crippen LogP contribution in [0.4, 0.5) is 5.69 Å². The van der Waals surface area contributed by atoms with Gasteiger partial charge in [0.25, 0.3) is 0 Å². The number of hydrogen-bond donors (Lipinski definition) is 1. The van der Waals surface area contributed by atoms with Crippen LogP contribution in [0.15, 0.2) is 22.0 Å². The van der Waals surface area contributed by atoms with Gasteiger partial charge < -0.3 is 5.73 Å². The molecule has 0 aliphatic carbocycles. The molecule has 13 heavy (non-hydrogen) atoms. The Bertz CT molecular complexity index is 478. The molecule has 0 saturated heterocycles. The number of carbonyl (C=O) groups excluding carboxylic acids is 1. The van der Waals surface area contributed by atoms with Crippen molar-refractivity contribution in [2.45, 2.75) is 0 Å². The maximum Gasteiger partial charge on any atom is 0.151 e. The molecule has 0 bridgehead atoms. The number of hydrogen-bond acceptors (Lipinski definition) is 3. The second kappa shape index (κ2) is 3.12. The average Bonchev–Trinajstić information content (AvgIpc) is 2.55. The summed E-state index contributed by atoms with van der Waals surface area (Å²) in [6.45, 7) is 0. The number of fused-ring (bicyclic) bond motifs is 1. The van der Waals surface area contributed by atoms with Gasteiger partial charge in [-0.1, -0.05) is 6.07 Å². The largest absolute Gasteiger partial charge is 0.397 e. The van der Waals surface area contributed by atoms with Gasteiger partial charge in [0.1, 0.15) is 0 Å². The molecule has 1 heterocycles. The van der Waals surface area contributed by atoms with Gasteiger partial charge in [0.2, 0.25) is 0 Å². The molecule has 0 fully saturated rings. The van der Waals surface area contributed by atoms with Crippen LogP contribution in [-0.4, -0.2) is 6.29 Å². The molecule has 0 aliphatic rings. The lowest BCUT2D eigenvalue weighted by atomic mass is 10.2. The highest BCUT2D eigenvalue weighted by molar-refractivity contribution is 9.10. The SMILES string of the molecule is Nc1c(Br)ccc2c(C=O)csc12. The fourth-order valence-electron chi connectivity index (χ4n) is 1.21. The fraction of sp³-hybridized carbons (Fsp3) is 0. The van der Waals surface area contributed by atoms with Gasteiger partial charge in [0, 0.05) is 20.8 Å². The molecule has 2 N–H and O–H groups in total. The number of carbonyl (C=O) groups is 1. The number of nitrogen functional groups attached to an aromatic ring is 1. The van der Waals surface area contributed by atoms with Gasteiger partial charge in [-0.3, -0.25) is 4.79 Å². The molecule has 2 aromatic rings. The van der Waals surface area contributed by atoms with E-state index in [2.05, 4.69) is 15.9 Å². The lowest BCUT2D eigenvalue weighted by Gasteiger charge is -1.98. The van der Waals surface area contributed by atoms with Crippen LogP contribution in [0.2, 0.25) is 0 Å². The molecule has 2 rings (SSSR count). The molecule has 0 unspecified atom stereocenters. The van der Waals surface area contributed by atoms with Crippen molar-refractivity contribution in [3.05, 3.63) is 27.5 Å². The minimum Gasteiger partial charge on any atom is -0.397 e. The predicted molar refractivity (Wildman–Crippen MR) is 59.3 cm³/mol. The number of benzene rings is 1. The van der Waals surface area contributed by atoms with Gasteiger partial charge in [0.15, 0.2) is 6.29 Å². The Kier molecular flexibility index (Phi) is 2.09. The number of anilines is 1. The quantitative estimate of drug-likeness (QED) is 0.629. The van der Waals surface area contributed by atoms with Crippen LogP contribution in [0.25, 0.3) is 10.1 Å². The molecule has 0 atom stereocenters. The Balaban J connectivity index is 2.88. The highest BCUT2D eigenvalue weighted by Gasteiger charge is 2.07. The van der Waals surface area contributed by atoms with Crippen LogP contribution < -0.4 is 5.73 Å². The van der Waals surface area contributed by atoms with Crippen LogP contribution in [0, 0.1) is 0 Å². The van der Waals surface area contributed by atoms with E-state index in [1.807, 2.05) is 17.5 Å². The molecule has 66 valence electrons. The summed E-state index contributed by atoms with van der Waals surface area (Å²) in [5.74, 6) is 0. The van der Waals surface area contributed by atoms with E-state index in [0.29, 0.717) is 11.3 Å². The number of thiophene rings is 1. The van der Waals surface area contributed by atoms with E-state index in [9.17, 15) is 4.79 Å². The van der Waals surface area contributed by atoms with E-state index < -0.39 is 0 Å². The standard InChI is InChI=1S/C9H6BrNOS/c10-7-2-1-6-5(3-12)4-13-9(6)8(7)11/h1-4H,11H2. The van der Waals surface area contributed by atoms with Crippen molar-refractivity contribution in [3.8, 4) is 0 Å². The molecule has 2 nitrogen and oxygen atoms in total. The average molecular weight is 256 g/mol. The maximum atomic E-state index is 10.6. The highest BCUT2D eigenvalue weighted by atomic mass is 79.9. The summed E-state index contributed by atoms with van der Waals surface area (Å²) >= 11 is 4.83. The summed E-state index contributed by atoms with van der Waals surface area (Å²) in [6, 6.07) is 3.76. The highest BCUT2D eigenvalue weighted by Crippen LogP contribution is 2.34. The second-order valence-electron chi connectivity index (χ2n) is 2.65. The third-order valence-electron chi connectivity index (χ3n) is 1.88. The molecule has 1 aromatic carbocycles. The Labute approximate surface area is 87.5 Å². The topological polar surface area (TPSA) is 43.1 Å². The molecule has 0 spiro atoms. The smallest absolute Gasteiger partial charge is 0.151 e. The number of rotatable bonds is 1. The van der Waals surface area contributed by atoms with Crippen LogP contribution in [0.1, 0.15) is 10.4 Å². The van der Waals surface area contributed by atoms with Crippen molar-refractivity contribution in [2.75, 3.05) is 5.73 Å². The second-order valence-corrected chi connectivity index (χ2v) is 4.38. The molecular weight excluding hydrogens is 250 g/mol. The fourth-order valence-corrected chi connectivity index (χ4v) is 2.65.